The smallest absolute Gasteiger partial charge is 0.254 e. The van der Waals surface area contributed by atoms with Gasteiger partial charge in [0.15, 0.2) is 16.1 Å². The van der Waals surface area contributed by atoms with Crippen molar-refractivity contribution in [2.75, 3.05) is 25.4 Å². The van der Waals surface area contributed by atoms with Gasteiger partial charge in [0.05, 0.1) is 22.1 Å². The monoisotopic (exact) mass is 614 g/mol. The molecule has 2 unspecified atom stereocenters. The molecule has 0 aliphatic carbocycles. The molecule has 2 atom stereocenters. The Hall–Kier alpha value is -1.80. The molecule has 2 amide bonds. The Morgan fingerprint density at radius 3 is 2.66 bits per heavy atom. The molecule has 2 aliphatic rings. The molecule has 3 aromatic rings. The third-order valence-corrected chi connectivity index (χ3v) is 12.8. The molecule has 0 bridgehead atoms. The van der Waals surface area contributed by atoms with Crippen LogP contribution in [-0.4, -0.2) is 56.9 Å². The van der Waals surface area contributed by atoms with Crippen LogP contribution in [0.4, 0.5) is 0 Å². The van der Waals surface area contributed by atoms with Gasteiger partial charge in [-0.3, -0.25) is 9.59 Å². The molecule has 3 aromatic heterocycles. The second kappa shape index (κ2) is 11.7. The summed E-state index contributed by atoms with van der Waals surface area (Å²) < 4.78 is 32.6. The summed E-state index contributed by atoms with van der Waals surface area (Å²) in [5, 5.41) is 3.57. The summed E-state index contributed by atoms with van der Waals surface area (Å²) in [5.74, 6) is -1.00. The molecule has 0 aromatic carbocycles. The molecule has 38 heavy (non-hydrogen) atoms. The van der Waals surface area contributed by atoms with Crippen LogP contribution in [0.25, 0.3) is 9.75 Å². The average molecular weight is 615 g/mol. The van der Waals surface area contributed by atoms with E-state index in [1.807, 2.05) is 17.5 Å². The highest BCUT2D eigenvalue weighted by Gasteiger charge is 2.50. The Morgan fingerprint density at radius 1 is 1.13 bits per heavy atom. The highest BCUT2D eigenvalue weighted by Crippen LogP contribution is 2.46. The van der Waals surface area contributed by atoms with E-state index in [2.05, 4.69) is 5.48 Å². The summed E-state index contributed by atoms with van der Waals surface area (Å²) in [6, 6.07) is 9.06. The van der Waals surface area contributed by atoms with Crippen LogP contribution in [0, 0.1) is 0 Å². The van der Waals surface area contributed by atoms with Crippen molar-refractivity contribution in [3.05, 3.63) is 55.9 Å². The molecule has 0 radical (unpaired) electrons. The van der Waals surface area contributed by atoms with E-state index in [0.717, 1.165) is 22.6 Å². The molecule has 0 saturated carbocycles. The molecule has 204 valence electrons. The lowest BCUT2D eigenvalue weighted by Gasteiger charge is -2.31. The normalized spacial score (nSPS) is 23.6. The molecule has 5 rings (SSSR count). The highest BCUT2D eigenvalue weighted by atomic mass is 35.5. The lowest BCUT2D eigenvalue weighted by atomic mass is 9.97. The number of nitrogens with zero attached hydrogens (tertiary/aromatic N) is 1. The molecule has 2 fully saturated rings. The van der Waals surface area contributed by atoms with Crippen LogP contribution < -0.4 is 5.48 Å². The second-order valence-electron chi connectivity index (χ2n) is 9.25. The van der Waals surface area contributed by atoms with E-state index in [0.29, 0.717) is 27.8 Å². The van der Waals surface area contributed by atoms with Crippen molar-refractivity contribution >= 4 is 67.3 Å². The summed E-state index contributed by atoms with van der Waals surface area (Å²) in [6.07, 6.45) is 1.73. The zero-order valence-electron chi connectivity index (χ0n) is 20.4. The van der Waals surface area contributed by atoms with Crippen LogP contribution in [0.3, 0.4) is 0 Å². The van der Waals surface area contributed by atoms with Gasteiger partial charge < -0.3 is 9.64 Å². The Balaban J connectivity index is 1.44. The van der Waals surface area contributed by atoms with Crippen molar-refractivity contribution in [1.29, 1.82) is 0 Å². The summed E-state index contributed by atoms with van der Waals surface area (Å²) >= 11 is 10.3. The van der Waals surface area contributed by atoms with Crippen molar-refractivity contribution in [2.45, 2.75) is 43.1 Å². The van der Waals surface area contributed by atoms with Crippen LogP contribution in [0.5, 0.6) is 0 Å². The number of amides is 2. The quantitative estimate of drug-likeness (QED) is 0.362. The average Bonchev–Trinajstić information content (AvgIpc) is 3.68. The lowest BCUT2D eigenvalue weighted by Crippen LogP contribution is -2.43. The Bertz CT molecular complexity index is 1380. The molecule has 8 nitrogen and oxygen atoms in total. The van der Waals surface area contributed by atoms with Crippen molar-refractivity contribution in [1.82, 2.24) is 10.4 Å². The Kier molecular flexibility index (Phi) is 8.58. The van der Waals surface area contributed by atoms with Crippen molar-refractivity contribution in [3.63, 3.8) is 0 Å². The number of nitrogens with one attached hydrogen (secondary N) is 1. The maximum atomic E-state index is 14.0. The molecule has 2 aliphatic heterocycles. The number of thiophene rings is 3. The molecule has 1 N–H and O–H groups in total. The van der Waals surface area contributed by atoms with E-state index in [1.165, 1.54) is 34.0 Å². The van der Waals surface area contributed by atoms with Crippen LogP contribution >= 0.6 is 45.6 Å². The van der Waals surface area contributed by atoms with Gasteiger partial charge in [0, 0.05) is 46.1 Å². The number of halogens is 1. The van der Waals surface area contributed by atoms with Gasteiger partial charge in [-0.15, -0.1) is 22.7 Å². The molecule has 0 spiro atoms. The predicted molar refractivity (Wildman–Crippen MR) is 150 cm³/mol. The number of hydroxylamine groups is 1. The maximum Gasteiger partial charge on any atom is 0.254 e. The summed E-state index contributed by atoms with van der Waals surface area (Å²) in [6.45, 7) is 0.814. The molecule has 2 saturated heterocycles. The zero-order chi connectivity index (χ0) is 26.8. The number of carbonyl (C=O) groups excluding carboxylic acids is 2. The number of sulfone groups is 1. The molecule has 5 heterocycles. The van der Waals surface area contributed by atoms with Gasteiger partial charge in [0.25, 0.3) is 5.91 Å². The van der Waals surface area contributed by atoms with Crippen molar-refractivity contribution in [2.24, 2.45) is 0 Å². The third kappa shape index (κ3) is 5.86. The third-order valence-electron chi connectivity index (χ3n) is 6.83. The van der Waals surface area contributed by atoms with E-state index in [-0.39, 0.29) is 37.6 Å². The molecule has 13 heteroatoms. The highest BCUT2D eigenvalue weighted by molar-refractivity contribution is 7.92. The van der Waals surface area contributed by atoms with Gasteiger partial charge in [-0.05, 0) is 55.0 Å². The molecular formula is C25H27ClN2O6S4. The van der Waals surface area contributed by atoms with Gasteiger partial charge in [-0.2, -0.15) is 11.3 Å². The Labute approximate surface area is 238 Å². The van der Waals surface area contributed by atoms with Crippen LogP contribution in [0.15, 0.2) is 41.1 Å². The van der Waals surface area contributed by atoms with Gasteiger partial charge in [-0.1, -0.05) is 11.6 Å². The zero-order valence-corrected chi connectivity index (χ0v) is 24.4. The Morgan fingerprint density at radius 2 is 1.95 bits per heavy atom. The van der Waals surface area contributed by atoms with Crippen LogP contribution in [0.1, 0.15) is 47.3 Å². The number of ether oxygens (including phenoxy) is 1. The SMILES string of the molecule is O=C(CC1(c2ccc(-c3ccc(Cl)s3)s2)CCN(C(=O)c2ccsc2)CCS1(=O)=O)NOC1CCCCO1. The van der Waals surface area contributed by atoms with Gasteiger partial charge in [-0.25, -0.2) is 18.7 Å². The maximum absolute atomic E-state index is 14.0. The van der Waals surface area contributed by atoms with E-state index < -0.39 is 26.8 Å². The van der Waals surface area contributed by atoms with E-state index in [4.69, 9.17) is 21.2 Å². The van der Waals surface area contributed by atoms with Gasteiger partial charge in [0.1, 0.15) is 4.75 Å². The minimum atomic E-state index is -3.86. The van der Waals surface area contributed by atoms with E-state index in [9.17, 15) is 18.0 Å². The van der Waals surface area contributed by atoms with Crippen LogP contribution in [-0.2, 0) is 29.0 Å². The second-order valence-corrected chi connectivity index (χ2v) is 15.2. The van der Waals surface area contributed by atoms with E-state index >= 15 is 0 Å². The fraction of sp³-hybridized carbons (Fsp3) is 0.440. The first-order chi connectivity index (χ1) is 18.3. The van der Waals surface area contributed by atoms with Crippen molar-refractivity contribution in [3.8, 4) is 9.75 Å². The molecular weight excluding hydrogens is 588 g/mol. The fourth-order valence-electron chi connectivity index (χ4n) is 4.74. The first-order valence-electron chi connectivity index (χ1n) is 12.2. The summed E-state index contributed by atoms with van der Waals surface area (Å²) in [5.41, 5.74) is 2.97. The van der Waals surface area contributed by atoms with Crippen LogP contribution in [0.2, 0.25) is 4.34 Å². The van der Waals surface area contributed by atoms with E-state index in [1.54, 1.807) is 28.5 Å². The standard InChI is InChI=1S/C25H27ClN2O6S4/c26-21-7-5-19(37-21)18-4-6-20(36-18)25(15-22(29)27-34-23-3-1-2-12-33-23)9-10-28(11-14-38(25,31)32)24(30)17-8-13-35-16-17/h4-8,13,16,23H,1-3,9-12,14-15H2,(H,27,29). The summed E-state index contributed by atoms with van der Waals surface area (Å²) in [7, 11) is -3.86. The topological polar surface area (TPSA) is 102 Å². The number of carbonyl (C=O) groups is 2. The lowest BCUT2D eigenvalue weighted by molar-refractivity contribution is -0.200. The van der Waals surface area contributed by atoms with Gasteiger partial charge >= 0.3 is 0 Å². The predicted octanol–water partition coefficient (Wildman–Crippen LogP) is 5.31. The fourth-order valence-corrected chi connectivity index (χ4v) is 10.1. The number of rotatable bonds is 7. The van der Waals surface area contributed by atoms with Crippen molar-refractivity contribution < 1.29 is 27.6 Å². The minimum Gasteiger partial charge on any atom is -0.350 e. The van der Waals surface area contributed by atoms with Gasteiger partial charge in [0.2, 0.25) is 5.91 Å². The summed E-state index contributed by atoms with van der Waals surface area (Å²) in [4.78, 5) is 35.6. The minimum absolute atomic E-state index is 0.0611. The first kappa shape index (κ1) is 27.8. The first-order valence-corrected chi connectivity index (χ1v) is 16.8. The number of hydrogen-bond donors (Lipinski definition) is 1. The largest absolute Gasteiger partial charge is 0.350 e. The number of hydrogen-bond acceptors (Lipinski definition) is 9.